The summed E-state index contributed by atoms with van der Waals surface area (Å²) in [5, 5.41) is 0. The first kappa shape index (κ1) is 17.2. The van der Waals surface area contributed by atoms with Crippen LogP contribution in [0.5, 0.6) is 5.75 Å². The van der Waals surface area contributed by atoms with Gasteiger partial charge in [-0.1, -0.05) is 12.1 Å². The molecule has 3 N–H and O–H groups in total. The van der Waals surface area contributed by atoms with Gasteiger partial charge in [0.2, 0.25) is 0 Å². The molecule has 0 atom stereocenters. The van der Waals surface area contributed by atoms with Crippen molar-refractivity contribution in [3.63, 3.8) is 0 Å². The second-order valence-electron chi connectivity index (χ2n) is 4.16. The number of hydrogen-bond acceptors (Lipinski definition) is 3. The SMILES string of the molecule is NNC(=O)c1ccc(COc2c(I)cc(I)cc2I)cc1. The molecule has 0 unspecified atom stereocenters. The third kappa shape index (κ3) is 4.66. The molecule has 0 bridgehead atoms. The lowest BCUT2D eigenvalue weighted by atomic mass is 10.1. The predicted octanol–water partition coefficient (Wildman–Crippen LogP) is 3.68. The normalized spacial score (nSPS) is 10.3. The van der Waals surface area contributed by atoms with E-state index in [9.17, 15) is 4.79 Å². The first-order chi connectivity index (χ1) is 10.0. The Kier molecular flexibility index (Phi) is 6.50. The Bertz CT molecular complexity index is 637. The molecular formula is C14H11I3N2O2. The Morgan fingerprint density at radius 2 is 1.67 bits per heavy atom. The average Bonchev–Trinajstić information content (AvgIpc) is 2.46. The fraction of sp³-hybridized carbons (Fsp3) is 0.0714. The molecule has 4 nitrogen and oxygen atoms in total. The van der Waals surface area contributed by atoms with Crippen LogP contribution in [0.15, 0.2) is 36.4 Å². The van der Waals surface area contributed by atoms with Gasteiger partial charge in [0.15, 0.2) is 0 Å². The first-order valence-electron chi connectivity index (χ1n) is 5.88. The number of carbonyl (C=O) groups is 1. The number of nitrogens with one attached hydrogen (secondary N) is 1. The summed E-state index contributed by atoms with van der Waals surface area (Å²) in [7, 11) is 0. The third-order valence-corrected chi connectivity index (χ3v) is 4.92. The van der Waals surface area contributed by atoms with E-state index in [1.165, 1.54) is 3.57 Å². The number of carbonyl (C=O) groups excluding carboxylic acids is 1. The van der Waals surface area contributed by atoms with E-state index >= 15 is 0 Å². The van der Waals surface area contributed by atoms with E-state index in [0.717, 1.165) is 18.5 Å². The lowest BCUT2D eigenvalue weighted by molar-refractivity contribution is 0.0953. The molecule has 0 aliphatic heterocycles. The van der Waals surface area contributed by atoms with Crippen LogP contribution in [-0.2, 0) is 6.61 Å². The van der Waals surface area contributed by atoms with Gasteiger partial charge in [-0.15, -0.1) is 0 Å². The van der Waals surface area contributed by atoms with Crippen LogP contribution in [0, 0.1) is 10.7 Å². The minimum Gasteiger partial charge on any atom is -0.487 e. The van der Waals surface area contributed by atoms with E-state index in [2.05, 4.69) is 85.3 Å². The average molecular weight is 620 g/mol. The van der Waals surface area contributed by atoms with Gasteiger partial charge in [0.25, 0.3) is 5.91 Å². The molecule has 1 amide bonds. The van der Waals surface area contributed by atoms with E-state index in [0.29, 0.717) is 12.2 Å². The van der Waals surface area contributed by atoms with E-state index in [4.69, 9.17) is 10.6 Å². The van der Waals surface area contributed by atoms with E-state index in [1.807, 2.05) is 12.1 Å². The summed E-state index contributed by atoms with van der Waals surface area (Å²) in [5.41, 5.74) is 3.63. The quantitative estimate of drug-likeness (QED) is 0.238. The minimum absolute atomic E-state index is 0.302. The van der Waals surface area contributed by atoms with Gasteiger partial charge < -0.3 is 4.74 Å². The van der Waals surface area contributed by atoms with Crippen molar-refractivity contribution < 1.29 is 9.53 Å². The van der Waals surface area contributed by atoms with Gasteiger partial charge in [-0.3, -0.25) is 10.2 Å². The zero-order valence-corrected chi connectivity index (χ0v) is 17.2. The lowest BCUT2D eigenvalue weighted by Crippen LogP contribution is -2.29. The van der Waals surface area contributed by atoms with Crippen LogP contribution in [0.2, 0.25) is 0 Å². The van der Waals surface area contributed by atoms with Gasteiger partial charge in [0, 0.05) is 9.13 Å². The monoisotopic (exact) mass is 620 g/mol. The van der Waals surface area contributed by atoms with Crippen molar-refractivity contribution in [3.8, 4) is 5.75 Å². The van der Waals surface area contributed by atoms with Crippen molar-refractivity contribution in [1.29, 1.82) is 0 Å². The molecule has 0 aromatic heterocycles. The summed E-state index contributed by atoms with van der Waals surface area (Å²) in [6.45, 7) is 0.455. The maximum atomic E-state index is 11.4. The van der Waals surface area contributed by atoms with Crippen molar-refractivity contribution in [2.75, 3.05) is 0 Å². The van der Waals surface area contributed by atoms with Crippen LogP contribution in [0.25, 0.3) is 0 Å². The van der Waals surface area contributed by atoms with Gasteiger partial charge in [0.05, 0.1) is 7.14 Å². The topological polar surface area (TPSA) is 64.3 Å². The number of rotatable bonds is 4. The van der Waals surface area contributed by atoms with Crippen molar-refractivity contribution in [3.05, 3.63) is 58.2 Å². The molecule has 2 aromatic rings. The highest BCUT2D eigenvalue weighted by Crippen LogP contribution is 2.30. The zero-order valence-electron chi connectivity index (χ0n) is 10.7. The minimum atomic E-state index is -0.302. The maximum Gasteiger partial charge on any atom is 0.265 e. The molecule has 0 radical (unpaired) electrons. The summed E-state index contributed by atoms with van der Waals surface area (Å²) < 4.78 is 9.25. The highest BCUT2D eigenvalue weighted by molar-refractivity contribution is 14.1. The van der Waals surface area contributed by atoms with Gasteiger partial charge in [-0.05, 0) is 97.6 Å². The number of hydrogen-bond donors (Lipinski definition) is 2. The molecule has 2 rings (SSSR count). The van der Waals surface area contributed by atoms with Crippen molar-refractivity contribution in [2.45, 2.75) is 6.61 Å². The number of ether oxygens (including phenoxy) is 1. The van der Waals surface area contributed by atoms with Gasteiger partial charge in [-0.25, -0.2) is 5.84 Å². The highest BCUT2D eigenvalue weighted by atomic mass is 127. The van der Waals surface area contributed by atoms with E-state index < -0.39 is 0 Å². The molecule has 0 saturated heterocycles. The summed E-state index contributed by atoms with van der Waals surface area (Å²) in [6, 6.07) is 11.3. The van der Waals surface area contributed by atoms with Crippen LogP contribution in [0.3, 0.4) is 0 Å². The second kappa shape index (κ2) is 7.92. The molecule has 0 spiro atoms. The van der Waals surface area contributed by atoms with Crippen molar-refractivity contribution in [1.82, 2.24) is 5.43 Å². The van der Waals surface area contributed by atoms with Crippen LogP contribution < -0.4 is 16.0 Å². The Morgan fingerprint density at radius 3 is 2.19 bits per heavy atom. The number of benzene rings is 2. The summed E-state index contributed by atoms with van der Waals surface area (Å²) in [5.74, 6) is 5.68. The smallest absolute Gasteiger partial charge is 0.265 e. The fourth-order valence-corrected chi connectivity index (χ4v) is 5.55. The van der Waals surface area contributed by atoms with Crippen molar-refractivity contribution in [2.24, 2.45) is 5.84 Å². The Hall–Kier alpha value is -0.140. The Morgan fingerprint density at radius 1 is 1.10 bits per heavy atom. The van der Waals surface area contributed by atoms with Gasteiger partial charge in [-0.2, -0.15) is 0 Å². The number of nitrogen functional groups attached to an aromatic ring is 1. The van der Waals surface area contributed by atoms with Crippen LogP contribution in [0.4, 0.5) is 0 Å². The molecule has 2 aromatic carbocycles. The number of hydrazine groups is 1. The van der Waals surface area contributed by atoms with E-state index in [-0.39, 0.29) is 5.91 Å². The zero-order chi connectivity index (χ0) is 15.4. The summed E-state index contributed by atoms with van der Waals surface area (Å²) in [6.07, 6.45) is 0. The molecule has 21 heavy (non-hydrogen) atoms. The largest absolute Gasteiger partial charge is 0.487 e. The molecule has 0 saturated carbocycles. The Labute approximate surface area is 163 Å². The fourth-order valence-electron chi connectivity index (χ4n) is 1.66. The predicted molar refractivity (Wildman–Crippen MR) is 107 cm³/mol. The molecule has 0 fully saturated rings. The highest BCUT2D eigenvalue weighted by Gasteiger charge is 2.09. The first-order valence-corrected chi connectivity index (χ1v) is 9.12. The molecule has 0 aliphatic carbocycles. The number of nitrogens with two attached hydrogens (primary N) is 1. The van der Waals surface area contributed by atoms with Crippen LogP contribution in [-0.4, -0.2) is 5.91 Å². The Balaban J connectivity index is 2.08. The molecule has 7 heteroatoms. The van der Waals surface area contributed by atoms with Crippen LogP contribution in [0.1, 0.15) is 15.9 Å². The lowest BCUT2D eigenvalue weighted by Gasteiger charge is -2.11. The number of halogens is 3. The molecular weight excluding hydrogens is 609 g/mol. The van der Waals surface area contributed by atoms with Gasteiger partial charge >= 0.3 is 0 Å². The molecule has 0 aliphatic rings. The molecule has 110 valence electrons. The second-order valence-corrected chi connectivity index (χ2v) is 7.73. The van der Waals surface area contributed by atoms with Crippen LogP contribution >= 0.6 is 67.8 Å². The number of amides is 1. The molecule has 0 heterocycles. The summed E-state index contributed by atoms with van der Waals surface area (Å²) in [4.78, 5) is 11.4. The third-order valence-electron chi connectivity index (χ3n) is 2.69. The van der Waals surface area contributed by atoms with Gasteiger partial charge in [0.1, 0.15) is 12.4 Å². The van der Waals surface area contributed by atoms with E-state index in [1.54, 1.807) is 12.1 Å². The summed E-state index contributed by atoms with van der Waals surface area (Å²) >= 11 is 6.83. The standard InChI is InChI=1S/C14H11I3N2O2/c15-10-5-11(16)13(12(17)6-10)21-7-8-1-3-9(4-2-8)14(20)19-18/h1-6H,7,18H2,(H,19,20). The maximum absolute atomic E-state index is 11.4. The van der Waals surface area contributed by atoms with Crippen molar-refractivity contribution >= 4 is 73.7 Å².